The molecular formula is C11H10N2O6S. The van der Waals surface area contributed by atoms with E-state index in [1.165, 1.54) is 18.6 Å². The number of ether oxygens (including phenoxy) is 1. The smallest absolute Gasteiger partial charge is 0.312 e. The standard InChI is InChI=1S/C11H10N2O6S/c12-20(16,17)9-1-2-11(10(5-9)13(14)15)19-7-8-3-4-18-6-8/h1-6H,7H2,(H2,12,16,17). The van der Waals surface area contributed by atoms with Gasteiger partial charge in [-0.2, -0.15) is 0 Å². The van der Waals surface area contributed by atoms with Crippen LogP contribution in [0.4, 0.5) is 5.69 Å². The van der Waals surface area contributed by atoms with Crippen LogP contribution in [0, 0.1) is 10.1 Å². The predicted molar refractivity (Wildman–Crippen MR) is 67.5 cm³/mol. The zero-order valence-electron chi connectivity index (χ0n) is 10.1. The van der Waals surface area contributed by atoms with Crippen LogP contribution in [0.2, 0.25) is 0 Å². The Morgan fingerprint density at radius 2 is 2.10 bits per heavy atom. The van der Waals surface area contributed by atoms with Crippen LogP contribution in [-0.2, 0) is 16.6 Å². The van der Waals surface area contributed by atoms with Crippen molar-refractivity contribution in [2.24, 2.45) is 5.14 Å². The van der Waals surface area contributed by atoms with Crippen molar-refractivity contribution in [3.8, 4) is 5.75 Å². The third-order valence-corrected chi connectivity index (χ3v) is 3.34. The highest BCUT2D eigenvalue weighted by Crippen LogP contribution is 2.30. The summed E-state index contributed by atoms with van der Waals surface area (Å²) in [7, 11) is -4.01. The molecule has 0 aliphatic rings. The monoisotopic (exact) mass is 298 g/mol. The fourth-order valence-corrected chi connectivity index (χ4v) is 2.01. The predicted octanol–water partition coefficient (Wildman–Crippen LogP) is 1.41. The van der Waals surface area contributed by atoms with E-state index in [0.29, 0.717) is 5.56 Å². The first-order chi connectivity index (χ1) is 9.38. The van der Waals surface area contributed by atoms with E-state index in [9.17, 15) is 18.5 Å². The largest absolute Gasteiger partial charge is 0.482 e. The van der Waals surface area contributed by atoms with Crippen LogP contribution in [-0.4, -0.2) is 13.3 Å². The topological polar surface area (TPSA) is 126 Å². The van der Waals surface area contributed by atoms with Gasteiger partial charge in [0.25, 0.3) is 0 Å². The summed E-state index contributed by atoms with van der Waals surface area (Å²) in [6.45, 7) is 0.0616. The van der Waals surface area contributed by atoms with E-state index in [4.69, 9.17) is 14.3 Å². The summed E-state index contributed by atoms with van der Waals surface area (Å²) < 4.78 is 32.4. The minimum absolute atomic E-state index is 0.0522. The van der Waals surface area contributed by atoms with E-state index in [1.54, 1.807) is 6.07 Å². The first-order valence-electron chi connectivity index (χ1n) is 5.33. The normalized spacial score (nSPS) is 11.2. The van der Waals surface area contributed by atoms with Gasteiger partial charge < -0.3 is 9.15 Å². The summed E-state index contributed by atoms with van der Waals surface area (Å²) in [5, 5.41) is 15.9. The maximum atomic E-state index is 11.2. The number of rotatable bonds is 5. The molecule has 2 rings (SSSR count). The first-order valence-corrected chi connectivity index (χ1v) is 6.87. The van der Waals surface area contributed by atoms with Gasteiger partial charge in [-0.25, -0.2) is 13.6 Å². The van der Waals surface area contributed by atoms with Gasteiger partial charge in [-0.1, -0.05) is 0 Å². The van der Waals surface area contributed by atoms with Crippen LogP contribution in [0.3, 0.4) is 0 Å². The Morgan fingerprint density at radius 1 is 1.35 bits per heavy atom. The Kier molecular flexibility index (Phi) is 3.72. The molecule has 0 amide bonds. The highest BCUT2D eigenvalue weighted by molar-refractivity contribution is 7.89. The van der Waals surface area contributed by atoms with Crippen molar-refractivity contribution < 1.29 is 22.5 Å². The number of hydrogen-bond acceptors (Lipinski definition) is 6. The summed E-state index contributed by atoms with van der Waals surface area (Å²) in [5.41, 5.74) is 0.217. The molecule has 0 fully saturated rings. The molecular weight excluding hydrogens is 288 g/mol. The first kappa shape index (κ1) is 14.0. The van der Waals surface area contributed by atoms with Gasteiger partial charge in [-0.3, -0.25) is 10.1 Å². The molecule has 1 aromatic heterocycles. The number of nitrogens with zero attached hydrogens (tertiary/aromatic N) is 1. The van der Waals surface area contributed by atoms with E-state index in [1.807, 2.05) is 0 Å². The number of nitro benzene ring substituents is 1. The SMILES string of the molecule is NS(=O)(=O)c1ccc(OCc2ccoc2)c([N+](=O)[O-])c1. The van der Waals surface area contributed by atoms with E-state index in [0.717, 1.165) is 12.1 Å². The second kappa shape index (κ2) is 5.31. The molecule has 0 saturated carbocycles. The molecule has 106 valence electrons. The fourth-order valence-electron chi connectivity index (χ4n) is 1.47. The third kappa shape index (κ3) is 3.13. The van der Waals surface area contributed by atoms with Crippen LogP contribution in [0.15, 0.2) is 46.1 Å². The van der Waals surface area contributed by atoms with Crippen LogP contribution < -0.4 is 9.88 Å². The summed E-state index contributed by atoms with van der Waals surface area (Å²) in [4.78, 5) is 9.85. The molecule has 1 heterocycles. The Hall–Kier alpha value is -2.39. The fraction of sp³-hybridized carbons (Fsp3) is 0.0909. The molecule has 9 heteroatoms. The summed E-state index contributed by atoms with van der Waals surface area (Å²) in [6, 6.07) is 4.84. The second-order valence-corrected chi connectivity index (χ2v) is 5.41. The average molecular weight is 298 g/mol. The lowest BCUT2D eigenvalue weighted by atomic mass is 10.3. The van der Waals surface area contributed by atoms with Gasteiger partial charge in [0.1, 0.15) is 6.61 Å². The van der Waals surface area contributed by atoms with Gasteiger partial charge in [0.05, 0.1) is 22.3 Å². The third-order valence-electron chi connectivity index (χ3n) is 2.43. The summed E-state index contributed by atoms with van der Waals surface area (Å²) >= 11 is 0. The molecule has 0 unspecified atom stereocenters. The van der Waals surface area contributed by atoms with Gasteiger partial charge in [-0.05, 0) is 18.2 Å². The van der Waals surface area contributed by atoms with Crippen molar-refractivity contribution in [3.63, 3.8) is 0 Å². The van der Waals surface area contributed by atoms with Crippen molar-refractivity contribution in [3.05, 3.63) is 52.5 Å². The van der Waals surface area contributed by atoms with Crippen LogP contribution >= 0.6 is 0 Å². The maximum Gasteiger partial charge on any atom is 0.312 e. The lowest BCUT2D eigenvalue weighted by Crippen LogP contribution is -2.12. The number of sulfonamides is 1. The molecule has 2 N–H and O–H groups in total. The van der Waals surface area contributed by atoms with Crippen molar-refractivity contribution in [2.75, 3.05) is 0 Å². The molecule has 8 nitrogen and oxygen atoms in total. The van der Waals surface area contributed by atoms with Gasteiger partial charge in [-0.15, -0.1) is 0 Å². The summed E-state index contributed by atoms with van der Waals surface area (Å²) in [6.07, 6.45) is 2.88. The van der Waals surface area contributed by atoms with E-state index >= 15 is 0 Å². The summed E-state index contributed by atoms with van der Waals surface area (Å²) in [5.74, 6) is -0.0522. The molecule has 0 saturated heterocycles. The number of furan rings is 1. The van der Waals surface area contributed by atoms with Crippen LogP contribution in [0.5, 0.6) is 5.75 Å². The molecule has 2 aromatic rings. The van der Waals surface area contributed by atoms with E-state index in [2.05, 4.69) is 0 Å². The number of primary sulfonamides is 1. The van der Waals surface area contributed by atoms with Gasteiger partial charge in [0, 0.05) is 11.6 Å². The van der Waals surface area contributed by atoms with E-state index < -0.39 is 20.6 Å². The maximum absolute atomic E-state index is 11.2. The Morgan fingerprint density at radius 3 is 2.65 bits per heavy atom. The molecule has 0 bridgehead atoms. The zero-order valence-corrected chi connectivity index (χ0v) is 10.9. The van der Waals surface area contributed by atoms with Crippen molar-refractivity contribution in [1.82, 2.24) is 0 Å². The molecule has 1 aromatic carbocycles. The lowest BCUT2D eigenvalue weighted by molar-refractivity contribution is -0.386. The highest BCUT2D eigenvalue weighted by atomic mass is 32.2. The Labute approximate surface area is 114 Å². The zero-order chi connectivity index (χ0) is 14.8. The number of benzene rings is 1. The average Bonchev–Trinajstić information content (AvgIpc) is 2.88. The van der Waals surface area contributed by atoms with Crippen LogP contribution in [0.25, 0.3) is 0 Å². The number of nitro groups is 1. The Bertz CT molecular complexity index is 723. The molecule has 0 radical (unpaired) electrons. The molecule has 0 aliphatic carbocycles. The lowest BCUT2D eigenvalue weighted by Gasteiger charge is -2.06. The Balaban J connectivity index is 2.31. The van der Waals surface area contributed by atoms with Crippen molar-refractivity contribution in [1.29, 1.82) is 0 Å². The quantitative estimate of drug-likeness (QED) is 0.657. The minimum atomic E-state index is -4.01. The van der Waals surface area contributed by atoms with Gasteiger partial charge in [0.15, 0.2) is 5.75 Å². The number of nitrogens with two attached hydrogens (primary N) is 1. The molecule has 0 atom stereocenters. The molecule has 20 heavy (non-hydrogen) atoms. The number of hydrogen-bond donors (Lipinski definition) is 1. The minimum Gasteiger partial charge on any atom is -0.482 e. The molecule has 0 spiro atoms. The van der Waals surface area contributed by atoms with Crippen LogP contribution in [0.1, 0.15) is 5.56 Å². The van der Waals surface area contributed by atoms with Crippen molar-refractivity contribution >= 4 is 15.7 Å². The van der Waals surface area contributed by atoms with Crippen molar-refractivity contribution in [2.45, 2.75) is 11.5 Å². The molecule has 0 aliphatic heterocycles. The van der Waals surface area contributed by atoms with Gasteiger partial charge >= 0.3 is 5.69 Å². The van der Waals surface area contributed by atoms with Gasteiger partial charge in [0.2, 0.25) is 10.0 Å². The highest BCUT2D eigenvalue weighted by Gasteiger charge is 2.20. The second-order valence-electron chi connectivity index (χ2n) is 3.85. The van der Waals surface area contributed by atoms with E-state index in [-0.39, 0.29) is 17.3 Å².